The van der Waals surface area contributed by atoms with E-state index in [1.165, 1.54) is 5.56 Å². The van der Waals surface area contributed by atoms with Gasteiger partial charge in [-0.2, -0.15) is 11.1 Å². The number of aryl methyl sites for hydroxylation is 1. The van der Waals surface area contributed by atoms with Gasteiger partial charge in [0.05, 0.1) is 5.56 Å². The summed E-state index contributed by atoms with van der Waals surface area (Å²) >= 11 is 6.58. The Morgan fingerprint density at radius 2 is 1.76 bits per heavy atom. The van der Waals surface area contributed by atoms with Crippen LogP contribution in [0.4, 0.5) is 0 Å². The molecule has 0 unspecified atom stereocenters. The van der Waals surface area contributed by atoms with Crippen LogP contribution in [-0.2, 0) is 6.42 Å². The molecular weight excluding hydrogens is 252 g/mol. The van der Waals surface area contributed by atoms with Crippen molar-refractivity contribution in [2.45, 2.75) is 38.4 Å². The fourth-order valence-electron chi connectivity index (χ4n) is 1.79. The van der Waals surface area contributed by atoms with Gasteiger partial charge in [-0.3, -0.25) is 0 Å². The second-order valence-corrected chi connectivity index (χ2v) is 11.0. The smallest absolute Gasteiger partial charge is 0.335 e. The van der Waals surface area contributed by atoms with Crippen LogP contribution < -0.4 is 0 Å². The number of benzene rings is 1. The first-order chi connectivity index (χ1) is 8.00. The highest BCUT2D eigenvalue weighted by Crippen LogP contribution is 2.26. The summed E-state index contributed by atoms with van der Waals surface area (Å²) in [6.45, 7) is 4.33. The van der Waals surface area contributed by atoms with Gasteiger partial charge in [-0.1, -0.05) is 26.0 Å². The lowest BCUT2D eigenvalue weighted by molar-refractivity contribution is 0.0697. The van der Waals surface area contributed by atoms with Crippen LogP contribution in [0.1, 0.15) is 29.8 Å². The molecule has 17 heavy (non-hydrogen) atoms. The molecule has 1 aromatic rings. The fraction of sp³-hybridized carbons (Fsp3) is 0.462. The molecule has 0 aliphatic carbocycles. The highest BCUT2D eigenvalue weighted by atomic mass is 35.6. The Morgan fingerprint density at radius 3 is 2.18 bits per heavy atom. The molecule has 0 fully saturated rings. The van der Waals surface area contributed by atoms with Crippen molar-refractivity contribution in [3.63, 3.8) is 0 Å². The first-order valence-corrected chi connectivity index (χ1v) is 9.65. The van der Waals surface area contributed by atoms with E-state index in [2.05, 4.69) is 13.8 Å². The molecule has 0 bridgehead atoms. The van der Waals surface area contributed by atoms with Crippen molar-refractivity contribution < 1.29 is 9.90 Å². The predicted molar refractivity (Wildman–Crippen MR) is 74.5 cm³/mol. The maximum absolute atomic E-state index is 10.7. The summed E-state index contributed by atoms with van der Waals surface area (Å²) in [4.78, 5) is 10.7. The Labute approximate surface area is 108 Å². The molecule has 0 atom stereocenters. The number of aromatic carboxylic acids is 1. The van der Waals surface area contributed by atoms with Crippen molar-refractivity contribution >= 4 is 24.4 Å². The van der Waals surface area contributed by atoms with Gasteiger partial charge < -0.3 is 5.11 Å². The van der Waals surface area contributed by atoms with Crippen LogP contribution in [0.2, 0.25) is 18.1 Å². The van der Waals surface area contributed by atoms with Crippen molar-refractivity contribution in [2.24, 2.45) is 0 Å². The van der Waals surface area contributed by atoms with Gasteiger partial charge in [-0.05, 0) is 42.2 Å². The van der Waals surface area contributed by atoms with E-state index in [-0.39, 0.29) is 0 Å². The van der Waals surface area contributed by atoms with Crippen molar-refractivity contribution in [2.75, 3.05) is 0 Å². The maximum Gasteiger partial charge on any atom is 0.335 e. The molecule has 0 radical (unpaired) electrons. The van der Waals surface area contributed by atoms with Crippen LogP contribution >= 0.6 is 11.1 Å². The van der Waals surface area contributed by atoms with Crippen LogP contribution in [0.15, 0.2) is 24.3 Å². The van der Waals surface area contributed by atoms with E-state index in [4.69, 9.17) is 16.2 Å². The molecule has 0 aliphatic heterocycles. The van der Waals surface area contributed by atoms with E-state index in [1.807, 2.05) is 12.1 Å². The number of carbonyl (C=O) groups is 1. The lowest BCUT2D eigenvalue weighted by Crippen LogP contribution is -2.24. The summed E-state index contributed by atoms with van der Waals surface area (Å²) in [5.41, 5.74) is 1.52. The largest absolute Gasteiger partial charge is 0.478 e. The third kappa shape index (κ3) is 4.17. The molecule has 1 aromatic carbocycles. The van der Waals surface area contributed by atoms with Crippen LogP contribution in [-0.4, -0.2) is 18.5 Å². The third-order valence-corrected chi connectivity index (χ3v) is 9.18. The SMILES string of the molecule is CC[Si](Cl)(CC)CCc1ccc(C(=O)O)cc1. The number of hydrogen-bond donors (Lipinski definition) is 1. The zero-order valence-corrected chi connectivity index (χ0v) is 12.1. The standard InChI is InChI=1S/C13H19ClO2Si/c1-3-17(14,4-2)10-9-11-5-7-12(8-6-11)13(15)16/h5-8H,3-4,9-10H2,1-2H3,(H,15,16). The monoisotopic (exact) mass is 270 g/mol. The zero-order valence-electron chi connectivity index (χ0n) is 10.4. The van der Waals surface area contributed by atoms with E-state index in [0.29, 0.717) is 5.56 Å². The fourth-order valence-corrected chi connectivity index (χ4v) is 4.01. The van der Waals surface area contributed by atoms with Gasteiger partial charge in [0, 0.05) is 0 Å². The summed E-state index contributed by atoms with van der Waals surface area (Å²) in [5, 5.41) is 8.80. The molecular formula is C13H19ClO2Si. The second kappa shape index (κ2) is 6.22. The van der Waals surface area contributed by atoms with E-state index < -0.39 is 13.4 Å². The average Bonchev–Trinajstić information content (AvgIpc) is 2.36. The molecule has 2 nitrogen and oxygen atoms in total. The van der Waals surface area contributed by atoms with Gasteiger partial charge >= 0.3 is 5.97 Å². The number of carboxylic acids is 1. The normalized spacial score (nSPS) is 11.5. The average molecular weight is 271 g/mol. The van der Waals surface area contributed by atoms with Crippen molar-refractivity contribution in [1.29, 1.82) is 0 Å². The molecule has 0 saturated heterocycles. The van der Waals surface area contributed by atoms with Gasteiger partial charge in [-0.25, -0.2) is 4.79 Å². The first-order valence-electron chi connectivity index (χ1n) is 6.02. The van der Waals surface area contributed by atoms with Crippen LogP contribution in [0.5, 0.6) is 0 Å². The molecule has 4 heteroatoms. The second-order valence-electron chi connectivity index (χ2n) is 4.36. The van der Waals surface area contributed by atoms with E-state index >= 15 is 0 Å². The molecule has 0 aromatic heterocycles. The van der Waals surface area contributed by atoms with Gasteiger partial charge in [0.1, 0.15) is 0 Å². The van der Waals surface area contributed by atoms with Gasteiger partial charge in [0.15, 0.2) is 7.38 Å². The van der Waals surface area contributed by atoms with Crippen molar-refractivity contribution in [1.82, 2.24) is 0 Å². The Morgan fingerprint density at radius 1 is 1.24 bits per heavy atom. The molecule has 0 spiro atoms. The molecule has 0 aliphatic rings. The molecule has 0 heterocycles. The molecule has 1 N–H and O–H groups in total. The summed E-state index contributed by atoms with van der Waals surface area (Å²) < 4.78 is 0. The zero-order chi connectivity index (χ0) is 12.9. The number of hydrogen-bond acceptors (Lipinski definition) is 1. The first kappa shape index (κ1) is 14.3. The molecule has 0 saturated carbocycles. The predicted octanol–water partition coefficient (Wildman–Crippen LogP) is 4.15. The molecule has 94 valence electrons. The summed E-state index contributed by atoms with van der Waals surface area (Å²) in [5.74, 6) is -0.875. The maximum atomic E-state index is 10.7. The van der Waals surface area contributed by atoms with E-state index in [1.54, 1.807) is 12.1 Å². The highest BCUT2D eigenvalue weighted by molar-refractivity contribution is 7.20. The van der Waals surface area contributed by atoms with Crippen LogP contribution in [0.3, 0.4) is 0 Å². The minimum Gasteiger partial charge on any atom is -0.478 e. The lowest BCUT2D eigenvalue weighted by atomic mass is 10.1. The van der Waals surface area contributed by atoms with Crippen LogP contribution in [0, 0.1) is 0 Å². The number of carboxylic acid groups (broad SMARTS) is 1. The van der Waals surface area contributed by atoms with Gasteiger partial charge in [0.25, 0.3) is 0 Å². The van der Waals surface area contributed by atoms with Gasteiger partial charge in [-0.15, -0.1) is 0 Å². The quantitative estimate of drug-likeness (QED) is 0.623. The Balaban J connectivity index is 2.61. The Kier molecular flexibility index (Phi) is 5.21. The van der Waals surface area contributed by atoms with Crippen molar-refractivity contribution in [3.8, 4) is 0 Å². The van der Waals surface area contributed by atoms with Gasteiger partial charge in [0.2, 0.25) is 0 Å². The topological polar surface area (TPSA) is 37.3 Å². The lowest BCUT2D eigenvalue weighted by Gasteiger charge is -2.20. The molecule has 0 amide bonds. The summed E-state index contributed by atoms with van der Waals surface area (Å²) in [6.07, 6.45) is 0.956. The van der Waals surface area contributed by atoms with Crippen molar-refractivity contribution in [3.05, 3.63) is 35.4 Å². The van der Waals surface area contributed by atoms with E-state index in [0.717, 1.165) is 24.6 Å². The number of rotatable bonds is 6. The van der Waals surface area contributed by atoms with Crippen LogP contribution in [0.25, 0.3) is 0 Å². The minimum absolute atomic E-state index is 0.342. The number of halogens is 1. The summed E-state index contributed by atoms with van der Waals surface area (Å²) in [7, 11) is -1.56. The summed E-state index contributed by atoms with van der Waals surface area (Å²) in [6, 6.07) is 10.4. The Bertz CT molecular complexity index is 372. The van der Waals surface area contributed by atoms with E-state index in [9.17, 15) is 4.79 Å². The molecule has 1 rings (SSSR count). The Hall–Kier alpha value is -0.803. The minimum atomic E-state index is -1.56. The third-order valence-electron chi connectivity index (χ3n) is 3.33. The highest BCUT2D eigenvalue weighted by Gasteiger charge is 2.25.